The van der Waals surface area contributed by atoms with Gasteiger partial charge in [-0.1, -0.05) is 24.3 Å². The minimum absolute atomic E-state index is 0.538. The van der Waals surface area contributed by atoms with Crippen LogP contribution in [0, 0.1) is 50.4 Å². The van der Waals surface area contributed by atoms with Gasteiger partial charge in [0.1, 0.15) is 45.0 Å². The van der Waals surface area contributed by atoms with E-state index in [0.29, 0.717) is 55.7 Å². The van der Waals surface area contributed by atoms with Gasteiger partial charge in [-0.05, 0) is 38.8 Å². The largest absolute Gasteiger partial charge is 0.237 e. The molecular formula is C22H20N6S2. The lowest BCUT2D eigenvalue weighted by Gasteiger charge is -2.09. The first-order valence-electron chi connectivity index (χ1n) is 9.25. The van der Waals surface area contributed by atoms with Gasteiger partial charge in [-0.25, -0.2) is 19.9 Å². The second-order valence-electron chi connectivity index (χ2n) is 6.69. The summed E-state index contributed by atoms with van der Waals surface area (Å²) >= 11 is 3.08. The van der Waals surface area contributed by atoms with E-state index < -0.39 is 0 Å². The van der Waals surface area contributed by atoms with Crippen molar-refractivity contribution in [1.29, 1.82) is 10.5 Å². The van der Waals surface area contributed by atoms with E-state index in [9.17, 15) is 10.5 Å². The van der Waals surface area contributed by atoms with Crippen molar-refractivity contribution < 1.29 is 0 Å². The predicted octanol–water partition coefficient (Wildman–Crippen LogP) is 4.83. The van der Waals surface area contributed by atoms with E-state index >= 15 is 0 Å². The zero-order valence-corrected chi connectivity index (χ0v) is 18.9. The summed E-state index contributed by atoms with van der Waals surface area (Å²) in [6.07, 6.45) is 0. The quantitative estimate of drug-likeness (QED) is 0.403. The van der Waals surface area contributed by atoms with Gasteiger partial charge in [-0.15, -0.1) is 23.5 Å². The van der Waals surface area contributed by atoms with Crippen LogP contribution in [0.2, 0.25) is 0 Å². The molecule has 0 aliphatic rings. The first kappa shape index (κ1) is 21.8. The number of thioether (sulfide) groups is 2. The molecule has 0 radical (unpaired) electrons. The Morgan fingerprint density at radius 2 is 1.17 bits per heavy atom. The SMILES string of the molecule is Cc1nc(C)c(C#N)c(SCc2cccc(CSc3nc(C)nc(C)c3C#N)c2)n1. The molecule has 0 bridgehead atoms. The third-order valence-electron chi connectivity index (χ3n) is 4.30. The van der Waals surface area contributed by atoms with Gasteiger partial charge in [0.25, 0.3) is 0 Å². The highest BCUT2D eigenvalue weighted by molar-refractivity contribution is 7.98. The number of aryl methyl sites for hydroxylation is 4. The molecule has 2 aromatic heterocycles. The van der Waals surface area contributed by atoms with Crippen LogP contribution in [-0.2, 0) is 11.5 Å². The van der Waals surface area contributed by atoms with Crippen LogP contribution >= 0.6 is 23.5 Å². The van der Waals surface area contributed by atoms with Gasteiger partial charge in [0.2, 0.25) is 0 Å². The molecule has 0 N–H and O–H groups in total. The van der Waals surface area contributed by atoms with E-state index in [1.54, 1.807) is 23.5 Å². The van der Waals surface area contributed by atoms with Crippen molar-refractivity contribution in [3.63, 3.8) is 0 Å². The Morgan fingerprint density at radius 1 is 0.733 bits per heavy atom. The van der Waals surface area contributed by atoms with E-state index in [1.807, 2.05) is 33.8 Å². The average molecular weight is 433 g/mol. The van der Waals surface area contributed by atoms with Crippen molar-refractivity contribution >= 4 is 23.5 Å². The highest BCUT2D eigenvalue weighted by atomic mass is 32.2. The Morgan fingerprint density at radius 3 is 1.57 bits per heavy atom. The zero-order valence-electron chi connectivity index (χ0n) is 17.2. The van der Waals surface area contributed by atoms with Crippen molar-refractivity contribution in [1.82, 2.24) is 19.9 Å². The Balaban J connectivity index is 1.73. The van der Waals surface area contributed by atoms with Gasteiger partial charge >= 0.3 is 0 Å². The molecule has 150 valence electrons. The maximum atomic E-state index is 9.41. The van der Waals surface area contributed by atoms with Gasteiger partial charge in [0, 0.05) is 11.5 Å². The molecule has 30 heavy (non-hydrogen) atoms. The molecule has 0 atom stereocenters. The fourth-order valence-electron chi connectivity index (χ4n) is 2.94. The van der Waals surface area contributed by atoms with Crippen LogP contribution in [-0.4, -0.2) is 19.9 Å². The van der Waals surface area contributed by atoms with Crippen molar-refractivity contribution in [3.8, 4) is 12.1 Å². The highest BCUT2D eigenvalue weighted by Crippen LogP contribution is 2.28. The topological polar surface area (TPSA) is 99.1 Å². The lowest BCUT2D eigenvalue weighted by Crippen LogP contribution is -1.99. The number of hydrogen-bond acceptors (Lipinski definition) is 8. The highest BCUT2D eigenvalue weighted by Gasteiger charge is 2.12. The lowest BCUT2D eigenvalue weighted by molar-refractivity contribution is 0.923. The van der Waals surface area contributed by atoms with E-state index in [0.717, 1.165) is 11.1 Å². The van der Waals surface area contributed by atoms with E-state index in [2.05, 4.69) is 50.3 Å². The van der Waals surface area contributed by atoms with Crippen LogP contribution in [0.25, 0.3) is 0 Å². The summed E-state index contributed by atoms with van der Waals surface area (Å²) in [7, 11) is 0. The van der Waals surface area contributed by atoms with E-state index in [4.69, 9.17) is 0 Å². The van der Waals surface area contributed by atoms with Crippen LogP contribution in [0.5, 0.6) is 0 Å². The molecule has 0 aliphatic heterocycles. The van der Waals surface area contributed by atoms with Gasteiger partial charge in [-0.3, -0.25) is 0 Å². The molecular weight excluding hydrogens is 412 g/mol. The Kier molecular flexibility index (Phi) is 7.04. The Labute approximate surface area is 184 Å². The fraction of sp³-hybridized carbons (Fsp3) is 0.273. The number of benzene rings is 1. The molecule has 0 unspecified atom stereocenters. The van der Waals surface area contributed by atoms with Crippen molar-refractivity contribution in [2.75, 3.05) is 0 Å². The van der Waals surface area contributed by atoms with Gasteiger partial charge in [0.15, 0.2) is 0 Å². The number of hydrogen-bond donors (Lipinski definition) is 0. The van der Waals surface area contributed by atoms with E-state index in [-0.39, 0.29) is 0 Å². The molecule has 8 heteroatoms. The van der Waals surface area contributed by atoms with Gasteiger partial charge < -0.3 is 0 Å². The molecule has 0 saturated carbocycles. The number of aromatic nitrogens is 4. The van der Waals surface area contributed by atoms with Gasteiger partial charge in [0.05, 0.1) is 11.4 Å². The summed E-state index contributed by atoms with van der Waals surface area (Å²) in [5.74, 6) is 2.75. The normalized spacial score (nSPS) is 10.5. The standard InChI is InChI=1S/C22H20N6S2/c1-13-19(9-23)21(27-15(3)25-13)29-11-17-6-5-7-18(8-17)12-30-22-20(10-24)14(2)26-16(4)28-22/h5-8H,11-12H2,1-4H3. The van der Waals surface area contributed by atoms with Crippen LogP contribution < -0.4 is 0 Å². The van der Waals surface area contributed by atoms with Crippen molar-refractivity contribution in [2.24, 2.45) is 0 Å². The van der Waals surface area contributed by atoms with Crippen LogP contribution in [0.1, 0.15) is 45.3 Å². The summed E-state index contributed by atoms with van der Waals surface area (Å²) in [6, 6.07) is 12.7. The summed E-state index contributed by atoms with van der Waals surface area (Å²) in [6.45, 7) is 7.34. The van der Waals surface area contributed by atoms with Crippen LogP contribution in [0.3, 0.4) is 0 Å². The second-order valence-corrected chi connectivity index (χ2v) is 8.62. The smallest absolute Gasteiger partial charge is 0.126 e. The minimum atomic E-state index is 0.538. The molecule has 3 aromatic rings. The molecule has 0 saturated heterocycles. The summed E-state index contributed by atoms with van der Waals surface area (Å²) in [5, 5.41) is 20.3. The minimum Gasteiger partial charge on any atom is -0.237 e. The number of nitrogens with zero attached hydrogens (tertiary/aromatic N) is 6. The Hall–Kier alpha value is -2.94. The molecule has 0 fully saturated rings. The molecule has 6 nitrogen and oxygen atoms in total. The third kappa shape index (κ3) is 5.15. The van der Waals surface area contributed by atoms with Crippen LogP contribution in [0.15, 0.2) is 34.3 Å². The number of nitriles is 2. The molecule has 0 spiro atoms. The predicted molar refractivity (Wildman–Crippen MR) is 118 cm³/mol. The lowest BCUT2D eigenvalue weighted by atomic mass is 10.2. The average Bonchev–Trinajstić information content (AvgIpc) is 2.70. The molecule has 3 rings (SSSR count). The molecule has 2 heterocycles. The summed E-state index contributed by atoms with van der Waals surface area (Å²) in [5.41, 5.74) is 4.78. The monoisotopic (exact) mass is 432 g/mol. The van der Waals surface area contributed by atoms with Crippen molar-refractivity contribution in [3.05, 3.63) is 69.6 Å². The second kappa shape index (κ2) is 9.71. The zero-order chi connectivity index (χ0) is 21.7. The summed E-state index contributed by atoms with van der Waals surface area (Å²) < 4.78 is 0. The molecule has 1 aromatic carbocycles. The van der Waals surface area contributed by atoms with Gasteiger partial charge in [-0.2, -0.15) is 10.5 Å². The maximum Gasteiger partial charge on any atom is 0.126 e. The van der Waals surface area contributed by atoms with Crippen molar-refractivity contribution in [2.45, 2.75) is 49.3 Å². The number of rotatable bonds is 6. The summed E-state index contributed by atoms with van der Waals surface area (Å²) in [4.78, 5) is 17.4. The van der Waals surface area contributed by atoms with E-state index in [1.165, 1.54) is 0 Å². The molecule has 0 aliphatic carbocycles. The third-order valence-corrected chi connectivity index (χ3v) is 6.40. The maximum absolute atomic E-state index is 9.41. The Bertz CT molecular complexity index is 1090. The first-order chi connectivity index (χ1) is 14.4. The fourth-order valence-corrected chi connectivity index (χ4v) is 4.98. The molecule has 0 amide bonds. The first-order valence-corrected chi connectivity index (χ1v) is 11.2. The van der Waals surface area contributed by atoms with Crippen LogP contribution in [0.4, 0.5) is 0 Å².